The molecular formula is C56H72N6O10. The number of ether oxygens (including phenoxy) is 3. The number of phenols is 2. The average Bonchev–Trinajstić information content (AvgIpc) is 4.00. The number of esters is 1. The predicted octanol–water partition coefficient (Wildman–Crippen LogP) is 7.04. The number of aliphatic hydroxyl groups is 2. The second-order valence-corrected chi connectivity index (χ2v) is 21.0. The molecule has 72 heavy (non-hydrogen) atoms. The quantitative estimate of drug-likeness (QED) is 0.0877. The Labute approximate surface area is 421 Å². The minimum Gasteiger partial charge on any atom is -0.507 e. The number of nitrogens with zero attached hydrogens (tertiary/aromatic N) is 4. The van der Waals surface area contributed by atoms with E-state index in [0.29, 0.717) is 56.7 Å². The maximum absolute atomic E-state index is 14.8. The molecule has 1 fully saturated rings. The molecule has 10 rings (SSSR count). The van der Waals surface area contributed by atoms with Crippen molar-refractivity contribution >= 4 is 45.0 Å². The van der Waals surface area contributed by atoms with Gasteiger partial charge in [-0.15, -0.1) is 0 Å². The molecule has 5 bridgehead atoms. The Morgan fingerprint density at radius 3 is 2.43 bits per heavy atom. The summed E-state index contributed by atoms with van der Waals surface area (Å²) in [6.45, 7) is 18.8. The van der Waals surface area contributed by atoms with Crippen molar-refractivity contribution in [1.29, 1.82) is 0 Å². The molecule has 1 amide bonds. The van der Waals surface area contributed by atoms with Gasteiger partial charge in [0.15, 0.2) is 11.4 Å². The number of benzene rings is 3. The van der Waals surface area contributed by atoms with E-state index in [9.17, 15) is 29.7 Å². The number of ketones is 1. The summed E-state index contributed by atoms with van der Waals surface area (Å²) in [7, 11) is 1.00. The van der Waals surface area contributed by atoms with Gasteiger partial charge in [-0.3, -0.25) is 29.3 Å². The highest BCUT2D eigenvalue weighted by Gasteiger charge is 2.50. The van der Waals surface area contributed by atoms with Gasteiger partial charge in [0, 0.05) is 105 Å². The fourth-order valence-electron chi connectivity index (χ4n) is 11.0. The predicted molar refractivity (Wildman–Crippen MR) is 275 cm³/mol. The number of phenolic OH excluding ortho intramolecular Hbond substituents is 2. The zero-order chi connectivity index (χ0) is 51.8. The van der Waals surface area contributed by atoms with Gasteiger partial charge in [0.2, 0.25) is 0 Å². The Balaban J connectivity index is 0.00000342. The van der Waals surface area contributed by atoms with Crippen LogP contribution in [0.25, 0.3) is 21.7 Å². The van der Waals surface area contributed by atoms with Crippen LogP contribution in [-0.4, -0.2) is 116 Å². The lowest BCUT2D eigenvalue weighted by molar-refractivity contribution is -0.159. The topological polar surface area (TPSA) is 219 Å². The van der Waals surface area contributed by atoms with Crippen LogP contribution in [0.5, 0.6) is 17.2 Å². The molecule has 4 aromatic rings. The largest absolute Gasteiger partial charge is 0.507 e. The van der Waals surface area contributed by atoms with Crippen molar-refractivity contribution < 1.29 is 49.0 Å². The van der Waals surface area contributed by atoms with Gasteiger partial charge in [-0.1, -0.05) is 71.0 Å². The van der Waals surface area contributed by atoms with E-state index in [1.54, 1.807) is 32.1 Å². The van der Waals surface area contributed by atoms with Crippen molar-refractivity contribution in [1.82, 2.24) is 14.8 Å². The Kier molecular flexibility index (Phi) is 15.4. The third kappa shape index (κ3) is 10.2. The molecule has 16 nitrogen and oxygen atoms in total. The standard InChI is InChI=1S/C55H68N6O9.CH4O/c1-30(2)27-60-24-21-55(22-25-60)58-45-42-43-48(64)35(7)51-44(42)52(66)54(8,70-51)68-26-12-15-32(4)50(69-41(63)29-61-23-20-39-37(28-61)36-16-9-10-17-38(36)56-39)34(6)40(62)19-18-31(3)13-11-14-33(5)53(67)57-47(49(43)65)46(45)59-55;1-2/h9-14,16-17,26,30-32,34,40,50,56,62,64-65H,15,18-25,27-29H2,1-8H3,(H,57,67);2H,1H3/b13-11+,26-12+,33-14-;/t31?,32-,34-,40?,50?,54?;/m1./s1. The molecule has 0 radical (unpaired) electrons. The summed E-state index contributed by atoms with van der Waals surface area (Å²) in [5.41, 5.74) is 3.17. The number of carbonyl (C=O) groups is 3. The molecule has 7 heterocycles. The number of anilines is 1. The van der Waals surface area contributed by atoms with Gasteiger partial charge in [-0.2, -0.15) is 0 Å². The van der Waals surface area contributed by atoms with Crippen LogP contribution in [0.4, 0.5) is 5.69 Å². The first-order valence-electron chi connectivity index (χ1n) is 25.5. The van der Waals surface area contributed by atoms with E-state index in [1.807, 2.05) is 39.0 Å². The van der Waals surface area contributed by atoms with Crippen molar-refractivity contribution in [2.75, 3.05) is 45.2 Å². The minimum atomic E-state index is -1.88. The number of fused-ring (bicyclic) bond motifs is 16. The van der Waals surface area contributed by atoms with Crippen molar-refractivity contribution in [3.8, 4) is 17.2 Å². The summed E-state index contributed by atoms with van der Waals surface area (Å²) in [6.07, 6.45) is 10.5. The number of hydrogen-bond acceptors (Lipinski definition) is 14. The molecule has 1 saturated heterocycles. The number of amides is 1. The van der Waals surface area contributed by atoms with Gasteiger partial charge < -0.3 is 49.8 Å². The number of aromatic hydroxyl groups is 2. The number of H-pyrrole nitrogens is 1. The van der Waals surface area contributed by atoms with Gasteiger partial charge >= 0.3 is 11.8 Å². The number of likely N-dealkylation sites (tertiary alicyclic amines) is 1. The number of aromatic amines is 1. The van der Waals surface area contributed by atoms with Gasteiger partial charge in [-0.05, 0) is 68.6 Å². The van der Waals surface area contributed by atoms with E-state index >= 15 is 0 Å². The number of rotatable bonds is 5. The molecule has 6 N–H and O–H groups in total. The lowest BCUT2D eigenvalue weighted by atomic mass is 9.85. The fourth-order valence-corrected chi connectivity index (χ4v) is 11.0. The monoisotopic (exact) mass is 989 g/mol. The van der Waals surface area contributed by atoms with Crippen LogP contribution in [0, 0.1) is 30.6 Å². The number of para-hydroxylation sites is 1. The molecule has 1 spiro atoms. The summed E-state index contributed by atoms with van der Waals surface area (Å²) in [5.74, 6) is -4.19. The summed E-state index contributed by atoms with van der Waals surface area (Å²) in [5, 5.41) is 47.4. The Bertz CT molecular complexity index is 2970. The number of Topliss-reactive ketones (excluding diaryl/α,β-unsaturated/α-hetero) is 1. The maximum atomic E-state index is 14.8. The maximum Gasteiger partial charge on any atom is 0.320 e. The van der Waals surface area contributed by atoms with Crippen LogP contribution in [-0.2, 0) is 32.0 Å². The average molecular weight is 989 g/mol. The van der Waals surface area contributed by atoms with E-state index in [4.69, 9.17) is 29.3 Å². The molecule has 16 heteroatoms. The summed E-state index contributed by atoms with van der Waals surface area (Å²) in [6, 6.07) is 8.20. The number of aliphatic hydroxyl groups excluding tert-OH is 2. The molecule has 3 aromatic carbocycles. The van der Waals surface area contributed by atoms with E-state index < -0.39 is 47.0 Å². The van der Waals surface area contributed by atoms with E-state index in [-0.39, 0.29) is 74.2 Å². The molecule has 6 aliphatic rings. The number of hydrogen-bond donors (Lipinski definition) is 6. The molecule has 6 atom stereocenters. The van der Waals surface area contributed by atoms with E-state index in [2.05, 4.69) is 46.1 Å². The minimum absolute atomic E-state index is 0.00280. The molecule has 0 saturated carbocycles. The number of aromatic nitrogens is 1. The Morgan fingerprint density at radius 1 is 0.972 bits per heavy atom. The molecule has 0 aliphatic carbocycles. The zero-order valence-corrected chi connectivity index (χ0v) is 43.2. The first-order valence-corrected chi connectivity index (χ1v) is 25.5. The lowest BCUT2D eigenvalue weighted by Gasteiger charge is -2.36. The van der Waals surface area contributed by atoms with Crippen molar-refractivity contribution in [2.45, 2.75) is 124 Å². The van der Waals surface area contributed by atoms with Gasteiger partial charge in [-0.25, -0.2) is 0 Å². The van der Waals surface area contributed by atoms with Crippen molar-refractivity contribution in [2.24, 2.45) is 33.7 Å². The third-order valence-electron chi connectivity index (χ3n) is 15.2. The molecule has 4 unspecified atom stereocenters. The van der Waals surface area contributed by atoms with Crippen LogP contribution >= 0.6 is 0 Å². The number of allylic oxidation sites excluding steroid dienone is 4. The Hall–Kier alpha value is -6.07. The van der Waals surface area contributed by atoms with E-state index in [0.717, 1.165) is 44.1 Å². The van der Waals surface area contributed by atoms with Crippen LogP contribution < -0.4 is 20.8 Å². The van der Waals surface area contributed by atoms with E-state index in [1.165, 1.54) is 24.4 Å². The smallest absolute Gasteiger partial charge is 0.320 e. The SMILES string of the molecule is C/C1=C/C=C/C(C)CCC(O)[C@@H](C)C(OC(=O)CN2CCc3[nH]c4ccccc4c3C2)[C@H](C)C/C=C/OC2(C)Oc3c(C)c(O)c4c(O)c(c5c(c4c3C2=O)=NC2(CCN(CC(C)C)CC2)N=5)NC1=O.CO. The highest BCUT2D eigenvalue weighted by atomic mass is 16.7. The molecule has 1 aromatic heterocycles. The first-order chi connectivity index (χ1) is 34.4. The summed E-state index contributed by atoms with van der Waals surface area (Å²) >= 11 is 0. The third-order valence-corrected chi connectivity index (χ3v) is 15.2. The highest BCUT2D eigenvalue weighted by molar-refractivity contribution is 6.19. The van der Waals surface area contributed by atoms with Crippen LogP contribution in [0.3, 0.4) is 0 Å². The number of piperidine rings is 1. The normalized spacial score (nSPS) is 27.4. The zero-order valence-electron chi connectivity index (χ0n) is 43.2. The number of nitrogens with one attached hydrogen (secondary N) is 2. The van der Waals surface area contributed by atoms with Gasteiger partial charge in [0.1, 0.15) is 28.6 Å². The molecular weight excluding hydrogens is 917 g/mol. The van der Waals surface area contributed by atoms with Gasteiger partial charge in [0.25, 0.3) is 11.7 Å². The van der Waals surface area contributed by atoms with Crippen molar-refractivity contribution in [3.05, 3.63) is 93.5 Å². The fraction of sp³-hybridized carbons (Fsp3) is 0.518. The van der Waals surface area contributed by atoms with Gasteiger partial charge in [0.05, 0.1) is 35.2 Å². The van der Waals surface area contributed by atoms with Crippen LogP contribution in [0.2, 0.25) is 0 Å². The highest BCUT2D eigenvalue weighted by Crippen LogP contribution is 2.50. The second kappa shape index (κ2) is 21.2. The van der Waals surface area contributed by atoms with Crippen molar-refractivity contribution in [3.63, 3.8) is 0 Å². The lowest BCUT2D eigenvalue weighted by Crippen LogP contribution is -2.43. The Morgan fingerprint density at radius 2 is 1.69 bits per heavy atom. The van der Waals surface area contributed by atoms with Crippen LogP contribution in [0.1, 0.15) is 108 Å². The second-order valence-electron chi connectivity index (χ2n) is 21.0. The first kappa shape index (κ1) is 52.3. The number of carbonyl (C=O) groups excluding carboxylic acids is 3. The summed E-state index contributed by atoms with van der Waals surface area (Å²) in [4.78, 5) is 61.1. The van der Waals surface area contributed by atoms with Crippen LogP contribution in [0.15, 0.2) is 70.4 Å². The summed E-state index contributed by atoms with van der Waals surface area (Å²) < 4.78 is 18.9. The molecule has 386 valence electrons. The molecule has 6 aliphatic heterocycles.